The monoisotopic (exact) mass is 336 g/mol. The second-order valence-corrected chi connectivity index (χ2v) is 7.96. The van der Waals surface area contributed by atoms with Gasteiger partial charge in [0.15, 0.2) is 0 Å². The van der Waals surface area contributed by atoms with Crippen molar-refractivity contribution in [2.75, 3.05) is 32.2 Å². The van der Waals surface area contributed by atoms with E-state index in [9.17, 15) is 5.11 Å². The zero-order valence-corrected chi connectivity index (χ0v) is 15.6. The van der Waals surface area contributed by atoms with Crippen LogP contribution < -0.4 is 20.1 Å². The minimum Gasteiger partial charge on any atom is -0.497 e. The molecule has 1 fully saturated rings. The van der Waals surface area contributed by atoms with Crippen LogP contribution in [0, 0.1) is 11.3 Å². The van der Waals surface area contributed by atoms with Gasteiger partial charge in [0.2, 0.25) is 0 Å². The first-order valence-corrected chi connectivity index (χ1v) is 8.64. The van der Waals surface area contributed by atoms with Crippen LogP contribution >= 0.6 is 0 Å². The molecule has 0 aromatic heterocycles. The molecule has 3 N–H and O–H groups in total. The largest absolute Gasteiger partial charge is 0.497 e. The highest BCUT2D eigenvalue weighted by Gasteiger charge is 2.31. The number of rotatable bonds is 5. The first-order chi connectivity index (χ1) is 11.2. The predicted octanol–water partition coefficient (Wildman–Crippen LogP) is 2.65. The first-order valence-electron chi connectivity index (χ1n) is 8.64. The number of nitrogens with zero attached hydrogens (tertiary/aromatic N) is 1. The molecule has 0 aliphatic carbocycles. The number of piperidine rings is 1. The summed E-state index contributed by atoms with van der Waals surface area (Å²) in [7, 11) is 3.31. The van der Waals surface area contributed by atoms with E-state index in [1.807, 2.05) is 18.2 Å². The van der Waals surface area contributed by atoms with E-state index in [1.165, 1.54) is 0 Å². The number of aliphatic hydroxyl groups excluding tert-OH is 1. The van der Waals surface area contributed by atoms with Gasteiger partial charge in [-0.2, -0.15) is 0 Å². The van der Waals surface area contributed by atoms with Gasteiger partial charge in [-0.25, -0.2) is 0 Å². The number of anilines is 1. The molecule has 0 radical (unpaired) electrons. The number of ether oxygens (including phenoxy) is 2. The molecule has 1 saturated heterocycles. The second-order valence-electron chi connectivity index (χ2n) is 7.96. The molecular weight excluding hydrogens is 304 g/mol. The second kappa shape index (κ2) is 7.62. The minimum absolute atomic E-state index is 0.105. The number of hydrogen-bond acceptors (Lipinski definition) is 5. The standard InChI is InChI=1S/C19H32N2O3/c1-19(2,3)18(22)7-13-6-14(20)12-21(11-13)15-8-16(23-4)10-17(9-15)24-5/h8-10,13-14,18,22H,6-7,11-12,20H2,1-5H3. The van der Waals surface area contributed by atoms with Crippen LogP contribution in [0.25, 0.3) is 0 Å². The van der Waals surface area contributed by atoms with E-state index in [-0.39, 0.29) is 17.6 Å². The van der Waals surface area contributed by atoms with Crippen molar-refractivity contribution in [1.29, 1.82) is 0 Å². The minimum atomic E-state index is -0.325. The average molecular weight is 336 g/mol. The molecule has 0 bridgehead atoms. The summed E-state index contributed by atoms with van der Waals surface area (Å²) in [5.41, 5.74) is 7.24. The third-order valence-corrected chi connectivity index (χ3v) is 4.83. The van der Waals surface area contributed by atoms with Gasteiger partial charge in [-0.15, -0.1) is 0 Å². The van der Waals surface area contributed by atoms with Crippen LogP contribution in [0.5, 0.6) is 11.5 Å². The summed E-state index contributed by atoms with van der Waals surface area (Å²) >= 11 is 0. The lowest BCUT2D eigenvalue weighted by Gasteiger charge is -2.40. The molecule has 2 rings (SSSR count). The molecule has 0 spiro atoms. The van der Waals surface area contributed by atoms with E-state index in [2.05, 4.69) is 25.7 Å². The van der Waals surface area contributed by atoms with E-state index < -0.39 is 0 Å². The van der Waals surface area contributed by atoms with Crippen LogP contribution in [0.1, 0.15) is 33.6 Å². The Morgan fingerprint density at radius 2 is 1.75 bits per heavy atom. The van der Waals surface area contributed by atoms with Crippen LogP contribution in [-0.2, 0) is 0 Å². The highest BCUT2D eigenvalue weighted by Crippen LogP contribution is 2.33. The molecule has 5 heteroatoms. The Morgan fingerprint density at radius 3 is 2.25 bits per heavy atom. The number of benzene rings is 1. The molecule has 1 heterocycles. The van der Waals surface area contributed by atoms with Crippen LogP contribution in [0.4, 0.5) is 5.69 Å². The summed E-state index contributed by atoms with van der Waals surface area (Å²) in [4.78, 5) is 2.28. The number of nitrogens with two attached hydrogens (primary N) is 1. The maximum atomic E-state index is 10.4. The summed E-state index contributed by atoms with van der Waals surface area (Å²) in [5.74, 6) is 1.92. The Morgan fingerprint density at radius 1 is 1.17 bits per heavy atom. The third-order valence-electron chi connectivity index (χ3n) is 4.83. The van der Waals surface area contributed by atoms with Gasteiger partial charge in [-0.05, 0) is 24.2 Å². The fraction of sp³-hybridized carbons (Fsp3) is 0.684. The molecule has 1 aromatic rings. The van der Waals surface area contributed by atoms with Crippen molar-refractivity contribution >= 4 is 5.69 Å². The lowest BCUT2D eigenvalue weighted by molar-refractivity contribution is 0.0381. The number of methoxy groups -OCH3 is 2. The van der Waals surface area contributed by atoms with Gasteiger partial charge in [0.1, 0.15) is 11.5 Å². The van der Waals surface area contributed by atoms with Gasteiger partial charge in [0, 0.05) is 43.0 Å². The molecule has 3 unspecified atom stereocenters. The normalized spacial score (nSPS) is 23.0. The lowest BCUT2D eigenvalue weighted by Crippen LogP contribution is -2.48. The quantitative estimate of drug-likeness (QED) is 0.865. The Hall–Kier alpha value is -1.46. The maximum absolute atomic E-state index is 10.4. The fourth-order valence-corrected chi connectivity index (χ4v) is 3.27. The van der Waals surface area contributed by atoms with Crippen LogP contribution in [0.2, 0.25) is 0 Å². The van der Waals surface area contributed by atoms with Crippen LogP contribution in [0.3, 0.4) is 0 Å². The Balaban J connectivity index is 2.16. The Bertz CT molecular complexity index is 520. The molecule has 5 nitrogen and oxygen atoms in total. The van der Waals surface area contributed by atoms with Crippen molar-refractivity contribution < 1.29 is 14.6 Å². The fourth-order valence-electron chi connectivity index (χ4n) is 3.27. The molecule has 0 saturated carbocycles. The van der Waals surface area contributed by atoms with E-state index in [1.54, 1.807) is 14.2 Å². The molecule has 0 amide bonds. The smallest absolute Gasteiger partial charge is 0.124 e. The van der Waals surface area contributed by atoms with E-state index in [0.29, 0.717) is 5.92 Å². The summed E-state index contributed by atoms with van der Waals surface area (Å²) in [6.07, 6.45) is 1.40. The van der Waals surface area contributed by atoms with Gasteiger partial charge >= 0.3 is 0 Å². The van der Waals surface area contributed by atoms with Crippen LogP contribution in [-0.4, -0.2) is 44.6 Å². The first kappa shape index (κ1) is 18.9. The van der Waals surface area contributed by atoms with Crippen molar-refractivity contribution in [2.24, 2.45) is 17.1 Å². The molecule has 24 heavy (non-hydrogen) atoms. The topological polar surface area (TPSA) is 68.0 Å². The number of aliphatic hydroxyl groups is 1. The van der Waals surface area contributed by atoms with Gasteiger partial charge < -0.3 is 25.2 Å². The zero-order valence-electron chi connectivity index (χ0n) is 15.6. The predicted molar refractivity (Wildman–Crippen MR) is 97.9 cm³/mol. The van der Waals surface area contributed by atoms with Crippen LogP contribution in [0.15, 0.2) is 18.2 Å². The summed E-state index contributed by atoms with van der Waals surface area (Å²) in [6, 6.07) is 6.00. The summed E-state index contributed by atoms with van der Waals surface area (Å²) < 4.78 is 10.7. The molecule has 1 aromatic carbocycles. The van der Waals surface area contributed by atoms with Gasteiger partial charge in [-0.3, -0.25) is 0 Å². The molecule has 1 aliphatic heterocycles. The van der Waals surface area contributed by atoms with Crippen molar-refractivity contribution in [3.8, 4) is 11.5 Å². The van der Waals surface area contributed by atoms with Gasteiger partial charge in [0.25, 0.3) is 0 Å². The summed E-state index contributed by atoms with van der Waals surface area (Å²) in [6.45, 7) is 7.91. The van der Waals surface area contributed by atoms with E-state index in [0.717, 1.165) is 43.1 Å². The van der Waals surface area contributed by atoms with E-state index in [4.69, 9.17) is 15.2 Å². The van der Waals surface area contributed by atoms with Crippen molar-refractivity contribution in [3.63, 3.8) is 0 Å². The average Bonchev–Trinajstić information content (AvgIpc) is 2.52. The zero-order chi connectivity index (χ0) is 17.9. The summed E-state index contributed by atoms with van der Waals surface area (Å²) in [5, 5.41) is 10.4. The van der Waals surface area contributed by atoms with Crippen molar-refractivity contribution in [2.45, 2.75) is 45.8 Å². The third kappa shape index (κ3) is 4.77. The number of hydrogen-bond donors (Lipinski definition) is 2. The molecule has 3 atom stereocenters. The van der Waals surface area contributed by atoms with Crippen molar-refractivity contribution in [1.82, 2.24) is 0 Å². The highest BCUT2D eigenvalue weighted by molar-refractivity contribution is 5.56. The highest BCUT2D eigenvalue weighted by atomic mass is 16.5. The van der Waals surface area contributed by atoms with Crippen molar-refractivity contribution in [3.05, 3.63) is 18.2 Å². The van der Waals surface area contributed by atoms with Gasteiger partial charge in [0.05, 0.1) is 20.3 Å². The lowest BCUT2D eigenvalue weighted by atomic mass is 9.80. The molecular formula is C19H32N2O3. The Labute approximate surface area is 145 Å². The van der Waals surface area contributed by atoms with E-state index >= 15 is 0 Å². The van der Waals surface area contributed by atoms with Gasteiger partial charge in [-0.1, -0.05) is 20.8 Å². The SMILES string of the molecule is COc1cc(OC)cc(N2CC(N)CC(CC(O)C(C)(C)C)C2)c1. The maximum Gasteiger partial charge on any atom is 0.124 e. The molecule has 1 aliphatic rings. The molecule has 136 valence electrons. The Kier molecular flexibility index (Phi) is 5.99.